The summed E-state index contributed by atoms with van der Waals surface area (Å²) in [5.74, 6) is 1.96. The number of nitrogens with one attached hydrogen (secondary N) is 3. The fourth-order valence-corrected chi connectivity index (χ4v) is 4.26. The fraction of sp³-hybridized carbons (Fsp3) is 0.650. The van der Waals surface area contributed by atoms with Crippen LogP contribution in [-0.4, -0.2) is 33.8 Å². The molecule has 1 fully saturated rings. The van der Waals surface area contributed by atoms with Crippen molar-refractivity contribution in [1.29, 1.82) is 5.41 Å². The molecule has 154 valence electrons. The Hall–Kier alpha value is -2.24. The molecule has 7 nitrogen and oxygen atoms in total. The van der Waals surface area contributed by atoms with Gasteiger partial charge in [-0.15, -0.1) is 0 Å². The van der Waals surface area contributed by atoms with Crippen molar-refractivity contribution >= 4 is 17.3 Å². The highest BCUT2D eigenvalue weighted by atomic mass is 16.2. The van der Waals surface area contributed by atoms with Gasteiger partial charge in [0, 0.05) is 21.1 Å². The average molecular weight is 380 g/mol. The lowest BCUT2D eigenvalue weighted by molar-refractivity contribution is -0.191. The van der Waals surface area contributed by atoms with Crippen molar-refractivity contribution in [2.75, 3.05) is 7.05 Å². The van der Waals surface area contributed by atoms with E-state index in [0.29, 0.717) is 35.3 Å². The van der Waals surface area contributed by atoms with E-state index in [2.05, 4.69) is 47.7 Å². The number of nitrogens with zero attached hydrogens (tertiary/aromatic N) is 2. The van der Waals surface area contributed by atoms with Crippen molar-refractivity contribution < 1.29 is 12.4 Å². The normalized spacial score (nSPS) is 22.4. The van der Waals surface area contributed by atoms with Crippen LogP contribution in [0, 0.1) is 23.2 Å². The standard InChI is InChI=1S/C17H27N5.C2H6.CO2.2H2/c1-10(2)13-7-12(19-4)8-14(13)11(3)22-15-5-6-20-17(15)21-9-16(22)18;1-2;2-1-3;;/h5-6,9-14,18-20H,7-8H2,1-4H3;1-2H3;;2*1H/t11?,12?,13-,14-;;;;/m1..../s1. The smallest absolute Gasteiger partial charge is 0.345 e. The van der Waals surface area contributed by atoms with Crippen LogP contribution in [0.15, 0.2) is 18.5 Å². The minimum atomic E-state index is 0. The maximum absolute atomic E-state index is 8.33. The lowest BCUT2D eigenvalue weighted by Crippen LogP contribution is -2.31. The van der Waals surface area contributed by atoms with Crippen molar-refractivity contribution in [3.05, 3.63) is 23.9 Å². The van der Waals surface area contributed by atoms with Crippen molar-refractivity contribution in [2.45, 2.75) is 59.5 Å². The zero-order valence-corrected chi connectivity index (χ0v) is 17.2. The van der Waals surface area contributed by atoms with Crippen LogP contribution in [0.5, 0.6) is 0 Å². The molecule has 3 N–H and O–H groups in total. The second-order valence-corrected chi connectivity index (χ2v) is 7.08. The van der Waals surface area contributed by atoms with Gasteiger partial charge in [-0.25, -0.2) is 4.98 Å². The van der Waals surface area contributed by atoms with E-state index in [4.69, 9.17) is 15.0 Å². The third-order valence-corrected chi connectivity index (χ3v) is 5.49. The Kier molecular flexibility index (Phi) is 9.12. The zero-order chi connectivity index (χ0) is 20.6. The maximum atomic E-state index is 8.33. The molecule has 0 saturated heterocycles. The number of aromatic amines is 1. The molecule has 2 aromatic rings. The van der Waals surface area contributed by atoms with Crippen LogP contribution < -0.4 is 10.8 Å². The molecule has 1 aliphatic carbocycles. The summed E-state index contributed by atoms with van der Waals surface area (Å²) in [6, 6.07) is 2.93. The summed E-state index contributed by atoms with van der Waals surface area (Å²) >= 11 is 0. The van der Waals surface area contributed by atoms with Gasteiger partial charge in [0.05, 0.1) is 11.7 Å². The van der Waals surface area contributed by atoms with E-state index in [1.165, 1.54) is 12.8 Å². The molecule has 0 bridgehead atoms. The largest absolute Gasteiger partial charge is 0.373 e. The first-order chi connectivity index (χ1) is 12.9. The Bertz CT molecular complexity index is 800. The summed E-state index contributed by atoms with van der Waals surface area (Å²) in [4.78, 5) is 23.7. The molecular formula is C20H37N5O2. The third kappa shape index (κ3) is 5.15. The Labute approximate surface area is 164 Å². The van der Waals surface area contributed by atoms with Gasteiger partial charge in [-0.1, -0.05) is 27.7 Å². The first kappa shape index (κ1) is 22.8. The van der Waals surface area contributed by atoms with Crippen molar-refractivity contribution in [2.24, 2.45) is 17.8 Å². The second-order valence-electron chi connectivity index (χ2n) is 7.08. The van der Waals surface area contributed by atoms with E-state index in [9.17, 15) is 0 Å². The molecule has 0 radical (unpaired) electrons. The van der Waals surface area contributed by atoms with Crippen LogP contribution in [0.2, 0.25) is 0 Å². The monoisotopic (exact) mass is 379 g/mol. The minimum absolute atomic E-state index is 0. The lowest BCUT2D eigenvalue weighted by atomic mass is 9.82. The summed E-state index contributed by atoms with van der Waals surface area (Å²) in [5, 5.41) is 11.8. The fourth-order valence-electron chi connectivity index (χ4n) is 4.26. The highest BCUT2D eigenvalue weighted by Crippen LogP contribution is 2.43. The van der Waals surface area contributed by atoms with E-state index in [0.717, 1.165) is 11.2 Å². The molecule has 0 amide bonds. The molecule has 1 saturated carbocycles. The number of hydrogen-bond donors (Lipinski definition) is 3. The van der Waals surface area contributed by atoms with Crippen LogP contribution in [0.4, 0.5) is 0 Å². The summed E-state index contributed by atoms with van der Waals surface area (Å²) in [6.45, 7) is 10.9. The van der Waals surface area contributed by atoms with Gasteiger partial charge in [-0.2, -0.15) is 9.59 Å². The van der Waals surface area contributed by atoms with Crippen LogP contribution in [0.1, 0.15) is 56.4 Å². The molecular weight excluding hydrogens is 342 g/mol. The van der Waals surface area contributed by atoms with E-state index in [-0.39, 0.29) is 9.00 Å². The molecule has 0 spiro atoms. The SMILES string of the molecule is CC.CNC1C[C@H](C(C)C)[C@@H](C(C)n2c(=N)cnc3[nH]ccc32)C1.O=C=O.[HH].[HH]. The molecule has 2 heterocycles. The molecule has 7 heteroatoms. The molecule has 0 aromatic carbocycles. The van der Waals surface area contributed by atoms with Crippen LogP contribution in [-0.2, 0) is 9.59 Å². The summed E-state index contributed by atoms with van der Waals surface area (Å²) in [7, 11) is 2.06. The second kappa shape index (κ2) is 10.8. The number of rotatable bonds is 4. The first-order valence-electron chi connectivity index (χ1n) is 9.70. The predicted octanol–water partition coefficient (Wildman–Crippen LogP) is 3.61. The van der Waals surface area contributed by atoms with E-state index < -0.39 is 0 Å². The number of carbonyl (C=O) groups excluding carboxylic acids is 2. The van der Waals surface area contributed by atoms with Gasteiger partial charge in [-0.3, -0.25) is 5.41 Å². The van der Waals surface area contributed by atoms with Gasteiger partial charge in [0.1, 0.15) is 5.49 Å². The number of hydrogen-bond acceptors (Lipinski definition) is 5. The molecule has 1 aliphatic rings. The van der Waals surface area contributed by atoms with E-state index >= 15 is 0 Å². The Morgan fingerprint density at radius 3 is 2.44 bits per heavy atom. The summed E-state index contributed by atoms with van der Waals surface area (Å²) in [5.41, 5.74) is 2.40. The molecule has 0 aliphatic heterocycles. The Balaban J connectivity index is 0. The third-order valence-electron chi connectivity index (χ3n) is 5.49. The van der Waals surface area contributed by atoms with Gasteiger partial charge in [0.2, 0.25) is 0 Å². The highest BCUT2D eigenvalue weighted by Gasteiger charge is 2.39. The molecule has 4 atom stereocenters. The van der Waals surface area contributed by atoms with E-state index in [1.807, 2.05) is 26.1 Å². The molecule has 27 heavy (non-hydrogen) atoms. The van der Waals surface area contributed by atoms with Crippen molar-refractivity contribution in [3.8, 4) is 0 Å². The summed E-state index contributed by atoms with van der Waals surface area (Å²) < 4.78 is 2.15. The Morgan fingerprint density at radius 1 is 1.30 bits per heavy atom. The number of fused-ring (bicyclic) bond motifs is 1. The quantitative estimate of drug-likeness (QED) is 0.755. The first-order valence-corrected chi connectivity index (χ1v) is 9.70. The average Bonchev–Trinajstić information content (AvgIpc) is 3.30. The topological polar surface area (TPSA) is 104 Å². The molecule has 2 unspecified atom stereocenters. The Morgan fingerprint density at radius 2 is 1.89 bits per heavy atom. The number of aromatic nitrogens is 3. The van der Waals surface area contributed by atoms with Crippen molar-refractivity contribution in [1.82, 2.24) is 19.9 Å². The van der Waals surface area contributed by atoms with Gasteiger partial charge >= 0.3 is 6.15 Å². The zero-order valence-electron chi connectivity index (χ0n) is 17.2. The van der Waals surface area contributed by atoms with Gasteiger partial charge < -0.3 is 14.9 Å². The number of H-pyrrole nitrogens is 1. The van der Waals surface area contributed by atoms with E-state index in [1.54, 1.807) is 6.20 Å². The minimum Gasteiger partial charge on any atom is -0.345 e. The van der Waals surface area contributed by atoms with Crippen LogP contribution in [0.3, 0.4) is 0 Å². The predicted molar refractivity (Wildman–Crippen MR) is 109 cm³/mol. The van der Waals surface area contributed by atoms with Gasteiger partial charge in [-0.05, 0) is 50.6 Å². The molecule has 3 rings (SSSR count). The summed E-state index contributed by atoms with van der Waals surface area (Å²) in [6.07, 6.45) is 6.23. The molecule has 2 aromatic heterocycles. The van der Waals surface area contributed by atoms with Crippen LogP contribution in [0.25, 0.3) is 11.2 Å². The van der Waals surface area contributed by atoms with Gasteiger partial charge in [0.15, 0.2) is 5.65 Å². The van der Waals surface area contributed by atoms with Crippen molar-refractivity contribution in [3.63, 3.8) is 0 Å². The lowest BCUT2D eigenvalue weighted by Gasteiger charge is -2.30. The van der Waals surface area contributed by atoms with Gasteiger partial charge in [0.25, 0.3) is 0 Å². The maximum Gasteiger partial charge on any atom is 0.373 e. The van der Waals surface area contributed by atoms with Crippen LogP contribution >= 0.6 is 0 Å². The highest BCUT2D eigenvalue weighted by molar-refractivity contribution is 5.70.